The molecule has 0 aliphatic rings. The topological polar surface area (TPSA) is 74.2 Å². The quantitative estimate of drug-likeness (QED) is 0.695. The van der Waals surface area contributed by atoms with E-state index in [1.807, 2.05) is 26.2 Å². The number of rotatable bonds is 6. The van der Waals surface area contributed by atoms with Gasteiger partial charge in [-0.05, 0) is 25.2 Å². The zero-order chi connectivity index (χ0) is 13.6. The molecular formula is C12H21N3O2S. The Morgan fingerprint density at radius 1 is 1.56 bits per heavy atom. The highest BCUT2D eigenvalue weighted by Crippen LogP contribution is 2.20. The minimum absolute atomic E-state index is 0.0788. The fraction of sp³-hybridized carbons (Fsp3) is 0.667. The first-order chi connectivity index (χ1) is 8.43. The Bertz CT molecular complexity index is 390. The number of aromatic nitrogens is 1. The molecule has 18 heavy (non-hydrogen) atoms. The van der Waals surface area contributed by atoms with Gasteiger partial charge in [0, 0.05) is 18.5 Å². The average Bonchev–Trinajstić information content (AvgIpc) is 2.70. The molecule has 5 nitrogen and oxygen atoms in total. The molecule has 0 bridgehead atoms. The fourth-order valence-electron chi connectivity index (χ4n) is 1.40. The number of hydrogen-bond acceptors (Lipinski definition) is 4. The first-order valence-electron chi connectivity index (χ1n) is 6.01. The van der Waals surface area contributed by atoms with Gasteiger partial charge < -0.3 is 10.4 Å². The van der Waals surface area contributed by atoms with Crippen LogP contribution in [0.1, 0.15) is 32.4 Å². The van der Waals surface area contributed by atoms with Crippen LogP contribution < -0.4 is 10.6 Å². The SMILES string of the molecule is Cc1csc(NC(=O)NCCCC(C)(C)CO)n1. The van der Waals surface area contributed by atoms with Crippen LogP contribution in [0, 0.1) is 12.3 Å². The number of aryl methyl sites for hydroxylation is 1. The smallest absolute Gasteiger partial charge is 0.321 e. The van der Waals surface area contributed by atoms with Crippen LogP contribution in [0.5, 0.6) is 0 Å². The summed E-state index contributed by atoms with van der Waals surface area (Å²) in [5.74, 6) is 0. The maximum absolute atomic E-state index is 11.5. The predicted octanol–water partition coefficient (Wildman–Crippen LogP) is 2.37. The summed E-state index contributed by atoms with van der Waals surface area (Å²) in [6, 6.07) is -0.230. The van der Waals surface area contributed by atoms with Crippen molar-refractivity contribution in [1.82, 2.24) is 10.3 Å². The van der Waals surface area contributed by atoms with Crippen molar-refractivity contribution in [3.05, 3.63) is 11.1 Å². The molecule has 0 radical (unpaired) electrons. The van der Waals surface area contributed by atoms with Crippen LogP contribution in [0.3, 0.4) is 0 Å². The van der Waals surface area contributed by atoms with Crippen molar-refractivity contribution >= 4 is 22.5 Å². The Hall–Kier alpha value is -1.14. The monoisotopic (exact) mass is 271 g/mol. The molecule has 1 aromatic heterocycles. The molecule has 0 aromatic carbocycles. The number of carbonyl (C=O) groups is 1. The summed E-state index contributed by atoms with van der Waals surface area (Å²) in [7, 11) is 0. The van der Waals surface area contributed by atoms with Gasteiger partial charge in [-0.1, -0.05) is 13.8 Å². The molecule has 0 saturated carbocycles. The maximum atomic E-state index is 11.5. The predicted molar refractivity (Wildman–Crippen MR) is 74.0 cm³/mol. The summed E-state index contributed by atoms with van der Waals surface area (Å²) >= 11 is 1.41. The molecule has 1 heterocycles. The van der Waals surface area contributed by atoms with Crippen LogP contribution in [0.2, 0.25) is 0 Å². The van der Waals surface area contributed by atoms with Gasteiger partial charge in [-0.3, -0.25) is 5.32 Å². The van der Waals surface area contributed by atoms with E-state index in [9.17, 15) is 4.79 Å². The van der Waals surface area contributed by atoms with Crippen molar-refractivity contribution in [2.75, 3.05) is 18.5 Å². The van der Waals surface area contributed by atoms with Crippen LogP contribution in [-0.4, -0.2) is 29.3 Å². The largest absolute Gasteiger partial charge is 0.396 e. The molecule has 3 N–H and O–H groups in total. The van der Waals surface area contributed by atoms with Crippen LogP contribution in [0.4, 0.5) is 9.93 Å². The van der Waals surface area contributed by atoms with Crippen molar-refractivity contribution in [2.45, 2.75) is 33.6 Å². The Kier molecular flexibility index (Phi) is 5.55. The van der Waals surface area contributed by atoms with E-state index < -0.39 is 0 Å². The Morgan fingerprint density at radius 2 is 2.28 bits per heavy atom. The van der Waals surface area contributed by atoms with Gasteiger partial charge in [0.25, 0.3) is 0 Å². The van der Waals surface area contributed by atoms with Gasteiger partial charge in [-0.25, -0.2) is 9.78 Å². The van der Waals surface area contributed by atoms with Crippen molar-refractivity contribution in [3.63, 3.8) is 0 Å². The Morgan fingerprint density at radius 3 is 2.83 bits per heavy atom. The molecule has 0 fully saturated rings. The van der Waals surface area contributed by atoms with Gasteiger partial charge in [0.2, 0.25) is 0 Å². The van der Waals surface area contributed by atoms with Crippen molar-refractivity contribution in [2.24, 2.45) is 5.41 Å². The van der Waals surface area contributed by atoms with Crippen LogP contribution in [0.15, 0.2) is 5.38 Å². The summed E-state index contributed by atoms with van der Waals surface area (Å²) in [5.41, 5.74) is 0.824. The molecule has 0 aliphatic heterocycles. The molecule has 2 amide bonds. The number of urea groups is 1. The summed E-state index contributed by atoms with van der Waals surface area (Å²) in [4.78, 5) is 15.7. The second kappa shape index (κ2) is 6.70. The molecule has 1 rings (SSSR count). The van der Waals surface area contributed by atoms with Crippen molar-refractivity contribution < 1.29 is 9.90 Å². The lowest BCUT2D eigenvalue weighted by atomic mass is 9.89. The van der Waals surface area contributed by atoms with Gasteiger partial charge in [0.15, 0.2) is 5.13 Å². The van der Waals surface area contributed by atoms with Gasteiger partial charge in [0.05, 0.1) is 5.69 Å². The summed E-state index contributed by atoms with van der Waals surface area (Å²) in [6.07, 6.45) is 1.72. The molecule has 1 aromatic rings. The number of hydrogen-bond donors (Lipinski definition) is 3. The molecule has 0 unspecified atom stereocenters. The average molecular weight is 271 g/mol. The molecule has 0 spiro atoms. The molecule has 6 heteroatoms. The number of amides is 2. The highest BCUT2D eigenvalue weighted by atomic mass is 32.1. The minimum Gasteiger partial charge on any atom is -0.396 e. The summed E-state index contributed by atoms with van der Waals surface area (Å²) < 4.78 is 0. The van der Waals surface area contributed by atoms with E-state index in [2.05, 4.69) is 15.6 Å². The van der Waals surface area contributed by atoms with E-state index in [0.717, 1.165) is 18.5 Å². The van der Waals surface area contributed by atoms with E-state index in [1.54, 1.807) is 0 Å². The normalized spacial score (nSPS) is 11.3. The maximum Gasteiger partial charge on any atom is 0.321 e. The summed E-state index contributed by atoms with van der Waals surface area (Å²) in [6.45, 7) is 6.66. The lowest BCUT2D eigenvalue weighted by Gasteiger charge is -2.21. The number of nitrogens with one attached hydrogen (secondary N) is 2. The number of thiazole rings is 1. The van der Waals surface area contributed by atoms with Crippen molar-refractivity contribution in [1.29, 1.82) is 0 Å². The number of aliphatic hydroxyl groups excluding tert-OH is 1. The van der Waals surface area contributed by atoms with Gasteiger partial charge in [-0.15, -0.1) is 11.3 Å². The number of anilines is 1. The lowest BCUT2D eigenvalue weighted by molar-refractivity contribution is 0.148. The highest BCUT2D eigenvalue weighted by molar-refractivity contribution is 7.13. The van der Waals surface area contributed by atoms with Crippen molar-refractivity contribution in [3.8, 4) is 0 Å². The van der Waals surface area contributed by atoms with E-state index in [0.29, 0.717) is 11.7 Å². The first kappa shape index (κ1) is 14.9. The minimum atomic E-state index is -0.230. The van der Waals surface area contributed by atoms with Crippen LogP contribution in [0.25, 0.3) is 0 Å². The third-order valence-electron chi connectivity index (χ3n) is 2.58. The Balaban J connectivity index is 2.18. The molecule has 0 aliphatic carbocycles. The number of aliphatic hydroxyl groups is 1. The summed E-state index contributed by atoms with van der Waals surface area (Å²) in [5, 5.41) is 17.0. The van der Waals surface area contributed by atoms with E-state index in [4.69, 9.17) is 5.11 Å². The van der Waals surface area contributed by atoms with Gasteiger partial charge >= 0.3 is 6.03 Å². The first-order valence-corrected chi connectivity index (χ1v) is 6.89. The molecule has 102 valence electrons. The molecular weight excluding hydrogens is 250 g/mol. The standard InChI is InChI=1S/C12H21N3O2S/c1-9-7-18-11(14-9)15-10(17)13-6-4-5-12(2,3)8-16/h7,16H,4-6,8H2,1-3H3,(H2,13,14,15,17). The van der Waals surface area contributed by atoms with Crippen LogP contribution >= 0.6 is 11.3 Å². The lowest BCUT2D eigenvalue weighted by Crippen LogP contribution is -2.30. The van der Waals surface area contributed by atoms with E-state index in [-0.39, 0.29) is 18.1 Å². The Labute approximate surface area is 112 Å². The fourth-order valence-corrected chi connectivity index (χ4v) is 2.08. The highest BCUT2D eigenvalue weighted by Gasteiger charge is 2.15. The van der Waals surface area contributed by atoms with E-state index >= 15 is 0 Å². The third-order valence-corrected chi connectivity index (χ3v) is 3.46. The molecule has 0 atom stereocenters. The molecule has 0 saturated heterocycles. The van der Waals surface area contributed by atoms with Gasteiger partial charge in [0.1, 0.15) is 0 Å². The second-order valence-electron chi connectivity index (χ2n) is 5.10. The zero-order valence-electron chi connectivity index (χ0n) is 11.1. The second-order valence-corrected chi connectivity index (χ2v) is 5.96. The van der Waals surface area contributed by atoms with E-state index in [1.165, 1.54) is 11.3 Å². The number of nitrogens with zero attached hydrogens (tertiary/aromatic N) is 1. The van der Waals surface area contributed by atoms with Gasteiger partial charge in [-0.2, -0.15) is 0 Å². The van der Waals surface area contributed by atoms with Crippen LogP contribution in [-0.2, 0) is 0 Å². The number of carbonyl (C=O) groups excluding carboxylic acids is 1. The third kappa shape index (κ3) is 5.46. The zero-order valence-corrected chi connectivity index (χ0v) is 11.9.